The van der Waals surface area contributed by atoms with Crippen molar-refractivity contribution >= 4 is 5.69 Å². The van der Waals surface area contributed by atoms with Gasteiger partial charge in [0.2, 0.25) is 11.6 Å². The predicted molar refractivity (Wildman–Crippen MR) is 74.9 cm³/mol. The number of pyridine rings is 1. The van der Waals surface area contributed by atoms with Crippen LogP contribution in [-0.4, -0.2) is 17.0 Å². The van der Waals surface area contributed by atoms with Crippen LogP contribution in [0.4, 0.5) is 5.69 Å². The first kappa shape index (κ1) is 14.0. The van der Waals surface area contributed by atoms with Gasteiger partial charge in [-0.25, -0.2) is 4.98 Å². The van der Waals surface area contributed by atoms with Gasteiger partial charge in [-0.3, -0.25) is 10.1 Å². The topological polar surface area (TPSA) is 77.3 Å². The summed E-state index contributed by atoms with van der Waals surface area (Å²) < 4.78 is 5.49. The molecule has 6 heteroatoms. The number of benzene rings is 1. The third-order valence-electron chi connectivity index (χ3n) is 2.70. The van der Waals surface area contributed by atoms with Crippen molar-refractivity contribution in [1.29, 1.82) is 0 Å². The number of hydrogen-bond acceptors (Lipinski definition) is 5. The summed E-state index contributed by atoms with van der Waals surface area (Å²) in [5, 5.41) is 14.0. The minimum Gasteiger partial charge on any atom is -0.432 e. The molecule has 0 amide bonds. The van der Waals surface area contributed by atoms with Crippen molar-refractivity contribution in [3.05, 3.63) is 57.8 Å². The molecular formula is C14H15N3O3. The van der Waals surface area contributed by atoms with E-state index in [1.165, 1.54) is 6.07 Å². The van der Waals surface area contributed by atoms with Gasteiger partial charge in [0.25, 0.3) is 0 Å². The lowest BCUT2D eigenvalue weighted by Gasteiger charge is -2.06. The maximum Gasteiger partial charge on any atom is 0.311 e. The zero-order valence-corrected chi connectivity index (χ0v) is 11.3. The van der Waals surface area contributed by atoms with E-state index in [-0.39, 0.29) is 11.4 Å². The van der Waals surface area contributed by atoms with Crippen LogP contribution >= 0.6 is 0 Å². The van der Waals surface area contributed by atoms with Crippen molar-refractivity contribution in [1.82, 2.24) is 10.3 Å². The third-order valence-corrected chi connectivity index (χ3v) is 2.70. The molecule has 0 aliphatic heterocycles. The van der Waals surface area contributed by atoms with Crippen LogP contribution < -0.4 is 10.1 Å². The number of hydrogen-bond donors (Lipinski definition) is 1. The van der Waals surface area contributed by atoms with Gasteiger partial charge in [0, 0.05) is 24.9 Å². The number of nitro benzene ring substituents is 1. The minimum absolute atomic E-state index is 0.0638. The second-order valence-corrected chi connectivity index (χ2v) is 4.37. The molecule has 1 N–H and O–H groups in total. The minimum atomic E-state index is -0.461. The maximum absolute atomic E-state index is 11.0. The molecule has 0 aliphatic carbocycles. The number of nitro groups is 1. The van der Waals surface area contributed by atoms with Crippen LogP contribution in [0.3, 0.4) is 0 Å². The second-order valence-electron chi connectivity index (χ2n) is 4.37. The molecule has 0 bridgehead atoms. The van der Waals surface area contributed by atoms with Crippen LogP contribution in [0.5, 0.6) is 11.6 Å². The summed E-state index contributed by atoms with van der Waals surface area (Å²) in [6, 6.07) is 8.37. The molecule has 0 saturated carbocycles. The quantitative estimate of drug-likeness (QED) is 0.669. The van der Waals surface area contributed by atoms with E-state index < -0.39 is 4.92 Å². The fourth-order valence-corrected chi connectivity index (χ4v) is 1.75. The Bertz CT molecular complexity index is 612. The molecule has 0 spiro atoms. The molecule has 0 radical (unpaired) electrons. The molecule has 0 saturated heterocycles. The molecule has 1 aromatic carbocycles. The highest BCUT2D eigenvalue weighted by Gasteiger charge is 2.16. The van der Waals surface area contributed by atoms with Crippen LogP contribution in [-0.2, 0) is 6.54 Å². The molecule has 104 valence electrons. The Morgan fingerprint density at radius 1 is 1.35 bits per heavy atom. The summed E-state index contributed by atoms with van der Waals surface area (Å²) in [5.74, 6) is 0.520. The number of aromatic nitrogens is 1. The molecule has 0 aliphatic rings. The predicted octanol–water partition coefficient (Wildman–Crippen LogP) is 2.81. The van der Waals surface area contributed by atoms with Gasteiger partial charge in [0.15, 0.2) is 0 Å². The van der Waals surface area contributed by atoms with Crippen molar-refractivity contribution in [2.24, 2.45) is 0 Å². The lowest BCUT2D eigenvalue weighted by atomic mass is 10.2. The van der Waals surface area contributed by atoms with Gasteiger partial charge in [-0.2, -0.15) is 0 Å². The number of nitrogens with zero attached hydrogens (tertiary/aromatic N) is 2. The second kappa shape index (κ2) is 6.12. The normalized spacial score (nSPS) is 10.3. The van der Waals surface area contributed by atoms with Crippen molar-refractivity contribution in [2.75, 3.05) is 7.05 Å². The van der Waals surface area contributed by atoms with E-state index in [1.807, 2.05) is 13.1 Å². The van der Waals surface area contributed by atoms with Crippen molar-refractivity contribution in [3.8, 4) is 11.6 Å². The van der Waals surface area contributed by atoms with Crippen LogP contribution in [0.2, 0.25) is 0 Å². The van der Waals surface area contributed by atoms with Crippen LogP contribution in [0.15, 0.2) is 36.5 Å². The first-order valence-corrected chi connectivity index (χ1v) is 6.12. The first-order valence-electron chi connectivity index (χ1n) is 6.12. The summed E-state index contributed by atoms with van der Waals surface area (Å²) in [6.45, 7) is 2.50. The van der Waals surface area contributed by atoms with E-state index in [2.05, 4.69) is 10.3 Å². The Hall–Kier alpha value is -2.47. The first-order chi connectivity index (χ1) is 9.60. The molecule has 0 fully saturated rings. The summed E-state index contributed by atoms with van der Waals surface area (Å²) >= 11 is 0. The molecule has 6 nitrogen and oxygen atoms in total. The van der Waals surface area contributed by atoms with Gasteiger partial charge in [-0.05, 0) is 31.2 Å². The largest absolute Gasteiger partial charge is 0.432 e. The zero-order valence-electron chi connectivity index (χ0n) is 11.3. The van der Waals surface area contributed by atoms with Crippen molar-refractivity contribution in [3.63, 3.8) is 0 Å². The van der Waals surface area contributed by atoms with E-state index in [1.54, 1.807) is 31.3 Å². The molecule has 2 rings (SSSR count). The number of rotatable bonds is 5. The van der Waals surface area contributed by atoms with E-state index in [4.69, 9.17) is 4.74 Å². The fourth-order valence-electron chi connectivity index (χ4n) is 1.75. The molecule has 1 aromatic heterocycles. The van der Waals surface area contributed by atoms with Gasteiger partial charge >= 0.3 is 5.69 Å². The monoisotopic (exact) mass is 273 g/mol. The number of nitrogens with one attached hydrogen (secondary N) is 1. The molecule has 2 aromatic rings. The van der Waals surface area contributed by atoms with Gasteiger partial charge in [0.1, 0.15) is 0 Å². The van der Waals surface area contributed by atoms with Crippen LogP contribution in [0.25, 0.3) is 0 Å². The van der Waals surface area contributed by atoms with Crippen LogP contribution in [0, 0.1) is 17.0 Å². The highest BCUT2D eigenvalue weighted by Crippen LogP contribution is 2.31. The van der Waals surface area contributed by atoms with Gasteiger partial charge < -0.3 is 10.1 Å². The van der Waals surface area contributed by atoms with Crippen molar-refractivity contribution < 1.29 is 9.66 Å². The van der Waals surface area contributed by atoms with E-state index in [0.717, 1.165) is 11.1 Å². The molecule has 20 heavy (non-hydrogen) atoms. The van der Waals surface area contributed by atoms with Gasteiger partial charge in [0.05, 0.1) is 4.92 Å². The molecule has 1 heterocycles. The average Bonchev–Trinajstić information content (AvgIpc) is 2.43. The highest BCUT2D eigenvalue weighted by atomic mass is 16.6. The van der Waals surface area contributed by atoms with E-state index in [9.17, 15) is 10.1 Å². The Kier molecular flexibility index (Phi) is 4.27. The molecule has 0 atom stereocenters. The molecular weight excluding hydrogens is 258 g/mol. The number of ether oxygens (including phenoxy) is 1. The summed E-state index contributed by atoms with van der Waals surface area (Å²) in [5.41, 5.74) is 1.76. The lowest BCUT2D eigenvalue weighted by Crippen LogP contribution is -2.05. The molecule has 0 unspecified atom stereocenters. The smallest absolute Gasteiger partial charge is 0.311 e. The zero-order chi connectivity index (χ0) is 14.5. The third kappa shape index (κ3) is 3.30. The van der Waals surface area contributed by atoms with Gasteiger partial charge in [-0.1, -0.05) is 12.1 Å². The highest BCUT2D eigenvalue weighted by molar-refractivity contribution is 5.49. The number of aryl methyl sites for hydroxylation is 1. The summed E-state index contributed by atoms with van der Waals surface area (Å²) in [4.78, 5) is 14.7. The van der Waals surface area contributed by atoms with E-state index in [0.29, 0.717) is 12.4 Å². The SMILES string of the molecule is CNCc1ccc(Oc2ccc(C)cc2[N+](=O)[O-])nc1. The standard InChI is InChI=1S/C14H15N3O3/c1-10-3-5-13(12(7-10)17(18)19)20-14-6-4-11(8-15-2)9-16-14/h3-7,9,15H,8H2,1-2H3. The van der Waals surface area contributed by atoms with Crippen molar-refractivity contribution in [2.45, 2.75) is 13.5 Å². The Balaban J connectivity index is 2.23. The fraction of sp³-hybridized carbons (Fsp3) is 0.214. The average molecular weight is 273 g/mol. The Labute approximate surface area is 116 Å². The maximum atomic E-state index is 11.0. The Morgan fingerprint density at radius 3 is 2.75 bits per heavy atom. The lowest BCUT2D eigenvalue weighted by molar-refractivity contribution is -0.385. The van der Waals surface area contributed by atoms with Crippen LogP contribution in [0.1, 0.15) is 11.1 Å². The Morgan fingerprint density at radius 2 is 2.15 bits per heavy atom. The summed E-state index contributed by atoms with van der Waals surface area (Å²) in [7, 11) is 1.85. The van der Waals surface area contributed by atoms with E-state index >= 15 is 0 Å². The summed E-state index contributed by atoms with van der Waals surface area (Å²) in [6.07, 6.45) is 1.67. The van der Waals surface area contributed by atoms with Gasteiger partial charge in [-0.15, -0.1) is 0 Å².